The number of rotatable bonds is 5. The molecule has 3 rings (SSSR count). The van der Waals surface area contributed by atoms with Crippen LogP contribution in [-0.2, 0) is 22.5 Å². The quantitative estimate of drug-likeness (QED) is 0.419. The van der Waals surface area contributed by atoms with Crippen LogP contribution >= 0.6 is 38.9 Å². The molecule has 0 bridgehead atoms. The van der Waals surface area contributed by atoms with Gasteiger partial charge in [-0.1, -0.05) is 39.7 Å². The average molecular weight is 539 g/mol. The van der Waals surface area contributed by atoms with Gasteiger partial charge in [-0.3, -0.25) is 9.59 Å². The molecule has 0 spiro atoms. The maximum Gasteiger partial charge on any atom is 0.411 e. The van der Waals surface area contributed by atoms with E-state index in [4.69, 9.17) is 21.6 Å². The van der Waals surface area contributed by atoms with E-state index in [2.05, 4.69) is 21.2 Å². The van der Waals surface area contributed by atoms with Gasteiger partial charge in [0, 0.05) is 17.0 Å². The molecule has 1 aromatic carbocycles. The number of halogens is 2. The molecule has 7 nitrogen and oxygen atoms in total. The van der Waals surface area contributed by atoms with Gasteiger partial charge in [-0.15, -0.1) is 11.3 Å². The zero-order valence-electron chi connectivity index (χ0n) is 17.7. The summed E-state index contributed by atoms with van der Waals surface area (Å²) in [6, 6.07) is 8.69. The van der Waals surface area contributed by atoms with Gasteiger partial charge in [0.05, 0.1) is 22.0 Å². The van der Waals surface area contributed by atoms with E-state index in [0.29, 0.717) is 34.1 Å². The van der Waals surface area contributed by atoms with Crippen molar-refractivity contribution >= 4 is 61.7 Å². The predicted octanol–water partition coefficient (Wildman–Crippen LogP) is 5.15. The number of ether oxygens (including phenoxy) is 1. The Morgan fingerprint density at radius 1 is 1.34 bits per heavy atom. The second kappa shape index (κ2) is 9.61. The van der Waals surface area contributed by atoms with Gasteiger partial charge in [-0.05, 0) is 44.9 Å². The molecule has 32 heavy (non-hydrogen) atoms. The molecule has 1 aliphatic heterocycles. The van der Waals surface area contributed by atoms with Gasteiger partial charge in [0.25, 0.3) is 0 Å². The monoisotopic (exact) mass is 537 g/mol. The molecule has 1 aromatic heterocycles. The van der Waals surface area contributed by atoms with Gasteiger partial charge >= 0.3 is 6.09 Å². The molecule has 2 amide bonds. The lowest BCUT2D eigenvalue weighted by atomic mass is 9.96. The number of alkyl halides is 1. The molecule has 168 valence electrons. The lowest BCUT2D eigenvalue weighted by Gasteiger charge is -2.29. The van der Waals surface area contributed by atoms with E-state index in [0.717, 1.165) is 10.4 Å². The van der Waals surface area contributed by atoms with Gasteiger partial charge in [-0.2, -0.15) is 5.26 Å². The fourth-order valence-corrected chi connectivity index (χ4v) is 4.78. The predicted molar refractivity (Wildman–Crippen MR) is 127 cm³/mol. The zero-order valence-corrected chi connectivity index (χ0v) is 20.9. The zero-order chi connectivity index (χ0) is 23.6. The SMILES string of the molecule is CC(Br)C(=O)Nc1sc2c(c1C(=O)c1ccccc1Cl)CCN(C(=O)OC(C)(C)C#N)C2. The summed E-state index contributed by atoms with van der Waals surface area (Å²) < 4.78 is 5.28. The topological polar surface area (TPSA) is 99.5 Å². The number of amides is 2. The second-order valence-electron chi connectivity index (χ2n) is 7.78. The molecule has 0 saturated carbocycles. The summed E-state index contributed by atoms with van der Waals surface area (Å²) in [5, 5.41) is 12.7. The number of hydrogen-bond acceptors (Lipinski definition) is 6. The fraction of sp³-hybridized carbons (Fsp3) is 0.364. The molecular formula is C22H21BrClN3O4S. The van der Waals surface area contributed by atoms with Crippen molar-refractivity contribution in [3.63, 3.8) is 0 Å². The first-order chi connectivity index (χ1) is 15.0. The van der Waals surface area contributed by atoms with Gasteiger partial charge in [0.15, 0.2) is 11.4 Å². The Morgan fingerprint density at radius 2 is 2.03 bits per heavy atom. The highest BCUT2D eigenvalue weighted by Crippen LogP contribution is 2.39. The lowest BCUT2D eigenvalue weighted by molar-refractivity contribution is -0.115. The van der Waals surface area contributed by atoms with Crippen molar-refractivity contribution in [2.75, 3.05) is 11.9 Å². The van der Waals surface area contributed by atoms with Gasteiger partial charge in [0.1, 0.15) is 11.1 Å². The van der Waals surface area contributed by atoms with Crippen molar-refractivity contribution in [2.45, 2.75) is 44.2 Å². The molecule has 0 fully saturated rings. The van der Waals surface area contributed by atoms with Crippen LogP contribution in [0.15, 0.2) is 24.3 Å². The minimum Gasteiger partial charge on any atom is -0.428 e. The van der Waals surface area contributed by atoms with E-state index < -0.39 is 16.5 Å². The molecule has 0 aliphatic carbocycles. The largest absolute Gasteiger partial charge is 0.428 e. The Morgan fingerprint density at radius 3 is 2.66 bits per heavy atom. The van der Waals surface area contributed by atoms with Crippen LogP contribution in [0.4, 0.5) is 9.80 Å². The summed E-state index contributed by atoms with van der Waals surface area (Å²) in [6.45, 7) is 5.24. The Balaban J connectivity index is 1.98. The minimum absolute atomic E-state index is 0.211. The molecule has 1 atom stereocenters. The first-order valence-corrected chi connectivity index (χ1v) is 11.9. The molecule has 2 heterocycles. The van der Waals surface area contributed by atoms with E-state index in [-0.39, 0.29) is 18.2 Å². The Kier molecular flexibility index (Phi) is 7.28. The van der Waals surface area contributed by atoms with Crippen LogP contribution in [0.1, 0.15) is 47.1 Å². The van der Waals surface area contributed by atoms with Crippen molar-refractivity contribution in [1.29, 1.82) is 5.26 Å². The minimum atomic E-state index is -1.25. The first-order valence-electron chi connectivity index (χ1n) is 9.82. The normalized spacial score (nSPS) is 14.2. The van der Waals surface area contributed by atoms with Crippen LogP contribution in [0.3, 0.4) is 0 Å². The maximum absolute atomic E-state index is 13.4. The molecular weight excluding hydrogens is 518 g/mol. The van der Waals surface area contributed by atoms with Crippen molar-refractivity contribution in [3.8, 4) is 6.07 Å². The third-order valence-corrected chi connectivity index (χ3v) is 6.75. The third kappa shape index (κ3) is 5.14. The standard InChI is InChI=1S/C22H21BrClN3O4S/c1-12(23)19(29)26-20-17(18(28)13-6-4-5-7-15(13)24)14-8-9-27(10-16(14)32-20)21(30)31-22(2,3)11-25/h4-7,12H,8-10H2,1-3H3,(H,26,29). The van der Waals surface area contributed by atoms with E-state index >= 15 is 0 Å². The number of carbonyl (C=O) groups is 3. The van der Waals surface area contributed by atoms with E-state index in [1.54, 1.807) is 31.2 Å². The number of thiophene rings is 1. The molecule has 1 unspecified atom stereocenters. The van der Waals surface area contributed by atoms with Crippen molar-refractivity contribution in [2.24, 2.45) is 0 Å². The van der Waals surface area contributed by atoms with Crippen LogP contribution in [0, 0.1) is 11.3 Å². The first kappa shape index (κ1) is 24.2. The Hall–Kier alpha value is -2.41. The van der Waals surface area contributed by atoms with Gasteiger partial charge < -0.3 is 15.0 Å². The number of anilines is 1. The molecule has 2 aromatic rings. The number of nitrogens with one attached hydrogen (secondary N) is 1. The van der Waals surface area contributed by atoms with E-state index in [1.165, 1.54) is 30.1 Å². The van der Waals surface area contributed by atoms with Gasteiger partial charge in [0.2, 0.25) is 5.91 Å². The van der Waals surface area contributed by atoms with Crippen LogP contribution < -0.4 is 5.32 Å². The molecule has 10 heteroatoms. The third-order valence-electron chi connectivity index (χ3n) is 4.87. The van der Waals surface area contributed by atoms with Gasteiger partial charge in [-0.25, -0.2) is 4.79 Å². The molecule has 0 radical (unpaired) electrons. The number of hydrogen-bond donors (Lipinski definition) is 1. The number of nitrogens with zero attached hydrogens (tertiary/aromatic N) is 2. The summed E-state index contributed by atoms with van der Waals surface area (Å²) in [6.07, 6.45) is -0.201. The number of carbonyl (C=O) groups excluding carboxylic acids is 3. The second-order valence-corrected chi connectivity index (χ2v) is 10.7. The summed E-state index contributed by atoms with van der Waals surface area (Å²) in [7, 11) is 0. The van der Waals surface area contributed by atoms with Crippen LogP contribution in [0.2, 0.25) is 5.02 Å². The van der Waals surface area contributed by atoms with Crippen LogP contribution in [-0.4, -0.2) is 39.7 Å². The Bertz CT molecular complexity index is 1120. The number of nitriles is 1. The van der Waals surface area contributed by atoms with Crippen LogP contribution in [0.25, 0.3) is 0 Å². The smallest absolute Gasteiger partial charge is 0.411 e. The van der Waals surface area contributed by atoms with Crippen LogP contribution in [0.5, 0.6) is 0 Å². The highest BCUT2D eigenvalue weighted by atomic mass is 79.9. The molecule has 0 saturated heterocycles. The number of fused-ring (bicyclic) bond motifs is 1. The lowest BCUT2D eigenvalue weighted by Crippen LogP contribution is -2.40. The maximum atomic E-state index is 13.4. The van der Waals surface area contributed by atoms with E-state index in [9.17, 15) is 14.4 Å². The highest BCUT2D eigenvalue weighted by Gasteiger charge is 2.33. The Labute approximate surface area is 203 Å². The van der Waals surface area contributed by atoms with Crippen molar-refractivity contribution in [3.05, 3.63) is 50.9 Å². The fourth-order valence-electron chi connectivity index (χ4n) is 3.18. The average Bonchev–Trinajstić information content (AvgIpc) is 3.10. The number of benzene rings is 1. The number of ketones is 1. The summed E-state index contributed by atoms with van der Waals surface area (Å²) in [5.74, 6) is -0.573. The molecule has 1 aliphatic rings. The van der Waals surface area contributed by atoms with E-state index in [1.807, 2.05) is 6.07 Å². The molecule has 1 N–H and O–H groups in total. The summed E-state index contributed by atoms with van der Waals surface area (Å²) in [4.78, 5) is 40.1. The summed E-state index contributed by atoms with van der Waals surface area (Å²) in [5.41, 5.74) is 0.268. The summed E-state index contributed by atoms with van der Waals surface area (Å²) >= 11 is 10.8. The highest BCUT2D eigenvalue weighted by molar-refractivity contribution is 9.10. The van der Waals surface area contributed by atoms with Crippen molar-refractivity contribution < 1.29 is 19.1 Å². The van der Waals surface area contributed by atoms with Crippen molar-refractivity contribution in [1.82, 2.24) is 4.90 Å².